The van der Waals surface area contributed by atoms with Crippen molar-refractivity contribution in [1.82, 2.24) is 0 Å². The van der Waals surface area contributed by atoms with Gasteiger partial charge in [-0.25, -0.2) is 0 Å². The summed E-state index contributed by atoms with van der Waals surface area (Å²) in [5.74, 6) is 0.814. The highest BCUT2D eigenvalue weighted by Crippen LogP contribution is 2.18. The second-order valence-corrected chi connectivity index (χ2v) is 3.08. The molecule has 2 atom stereocenters. The van der Waals surface area contributed by atoms with Crippen LogP contribution in [0.5, 0.6) is 0 Å². The van der Waals surface area contributed by atoms with Crippen LogP contribution in [0.4, 0.5) is 0 Å². The first-order valence-corrected chi connectivity index (χ1v) is 5.93. The first-order valence-electron chi connectivity index (χ1n) is 5.93. The molecule has 2 nitrogen and oxygen atoms in total. The molecule has 0 radical (unpaired) electrons. The molecule has 0 N–H and O–H groups in total. The van der Waals surface area contributed by atoms with E-state index in [1.165, 1.54) is 6.42 Å². The number of ether oxygens (including phenoxy) is 2. The Morgan fingerprint density at radius 1 is 1.21 bits per heavy atom. The number of methoxy groups -OCH3 is 1. The SMILES string of the molecule is CC.CC.COCC1CC(C)CCO1. The Bertz CT molecular complexity index is 92.3. The molecule has 14 heavy (non-hydrogen) atoms. The van der Waals surface area contributed by atoms with Gasteiger partial charge in [-0.3, -0.25) is 0 Å². The minimum Gasteiger partial charge on any atom is -0.382 e. The van der Waals surface area contributed by atoms with Gasteiger partial charge in [-0.15, -0.1) is 0 Å². The summed E-state index contributed by atoms with van der Waals surface area (Å²) < 4.78 is 10.5. The molecule has 1 fully saturated rings. The van der Waals surface area contributed by atoms with Crippen molar-refractivity contribution >= 4 is 0 Å². The molecule has 1 rings (SSSR count). The third kappa shape index (κ3) is 8.52. The summed E-state index contributed by atoms with van der Waals surface area (Å²) in [4.78, 5) is 0. The van der Waals surface area contributed by atoms with E-state index in [1.807, 2.05) is 27.7 Å². The molecule has 1 aliphatic rings. The molecule has 1 heterocycles. The number of hydrogen-bond donors (Lipinski definition) is 0. The van der Waals surface area contributed by atoms with Gasteiger partial charge < -0.3 is 9.47 Å². The molecule has 0 aromatic heterocycles. The molecule has 1 aliphatic heterocycles. The molecule has 2 heteroatoms. The molecule has 2 unspecified atom stereocenters. The summed E-state index contributed by atoms with van der Waals surface area (Å²) >= 11 is 0. The molecule has 1 saturated heterocycles. The molecule has 0 aliphatic carbocycles. The van der Waals surface area contributed by atoms with Gasteiger partial charge in [0.1, 0.15) is 0 Å². The van der Waals surface area contributed by atoms with Gasteiger partial charge in [0.15, 0.2) is 0 Å². The minimum atomic E-state index is 0.355. The van der Waals surface area contributed by atoms with Crippen LogP contribution in [-0.2, 0) is 9.47 Å². The molecule has 0 aromatic carbocycles. The van der Waals surface area contributed by atoms with Gasteiger partial charge >= 0.3 is 0 Å². The zero-order valence-electron chi connectivity index (χ0n) is 10.8. The van der Waals surface area contributed by atoms with E-state index in [-0.39, 0.29) is 0 Å². The van der Waals surface area contributed by atoms with Gasteiger partial charge in [-0.1, -0.05) is 34.6 Å². The van der Waals surface area contributed by atoms with Crippen molar-refractivity contribution in [3.8, 4) is 0 Å². The van der Waals surface area contributed by atoms with E-state index in [9.17, 15) is 0 Å². The Kier molecular flexibility index (Phi) is 15.1. The van der Waals surface area contributed by atoms with E-state index in [0.717, 1.165) is 25.6 Å². The smallest absolute Gasteiger partial charge is 0.0810 e. The quantitative estimate of drug-likeness (QED) is 0.685. The van der Waals surface area contributed by atoms with E-state index < -0.39 is 0 Å². The van der Waals surface area contributed by atoms with Gasteiger partial charge in [0.25, 0.3) is 0 Å². The summed E-state index contributed by atoms with van der Waals surface area (Å²) in [5, 5.41) is 0. The highest BCUT2D eigenvalue weighted by atomic mass is 16.5. The van der Waals surface area contributed by atoms with Crippen molar-refractivity contribution in [3.63, 3.8) is 0 Å². The molecular formula is C12H28O2. The lowest BCUT2D eigenvalue weighted by Gasteiger charge is -2.26. The van der Waals surface area contributed by atoms with E-state index >= 15 is 0 Å². The number of rotatable bonds is 2. The van der Waals surface area contributed by atoms with E-state index in [1.54, 1.807) is 7.11 Å². The zero-order chi connectivity index (χ0) is 11.4. The standard InChI is InChI=1S/C8H16O2.2C2H6/c1-7-3-4-10-8(5-7)6-9-2;2*1-2/h7-8H,3-6H2,1-2H3;2*1-2H3. The van der Waals surface area contributed by atoms with Crippen LogP contribution in [0.1, 0.15) is 47.5 Å². The van der Waals surface area contributed by atoms with Crippen LogP contribution in [0.3, 0.4) is 0 Å². The van der Waals surface area contributed by atoms with Gasteiger partial charge in [-0.2, -0.15) is 0 Å². The van der Waals surface area contributed by atoms with Crippen LogP contribution in [0.15, 0.2) is 0 Å². The van der Waals surface area contributed by atoms with E-state index in [2.05, 4.69) is 6.92 Å². The maximum Gasteiger partial charge on any atom is 0.0810 e. The monoisotopic (exact) mass is 204 g/mol. The summed E-state index contributed by atoms with van der Waals surface area (Å²) in [5.41, 5.74) is 0. The highest BCUT2D eigenvalue weighted by molar-refractivity contribution is 4.67. The fraction of sp³-hybridized carbons (Fsp3) is 1.00. The average Bonchev–Trinajstić information content (AvgIpc) is 2.24. The fourth-order valence-electron chi connectivity index (χ4n) is 1.37. The fourth-order valence-corrected chi connectivity index (χ4v) is 1.37. The van der Waals surface area contributed by atoms with Gasteiger partial charge in [0.05, 0.1) is 12.7 Å². The van der Waals surface area contributed by atoms with Crippen molar-refractivity contribution in [2.75, 3.05) is 20.3 Å². The minimum absolute atomic E-state index is 0.355. The second-order valence-electron chi connectivity index (χ2n) is 3.08. The Labute approximate surface area is 90.0 Å². The van der Waals surface area contributed by atoms with E-state index in [0.29, 0.717) is 6.10 Å². The Morgan fingerprint density at radius 2 is 1.79 bits per heavy atom. The largest absolute Gasteiger partial charge is 0.382 e. The van der Waals surface area contributed by atoms with Crippen LogP contribution in [0.25, 0.3) is 0 Å². The van der Waals surface area contributed by atoms with Crippen molar-refractivity contribution in [3.05, 3.63) is 0 Å². The maximum atomic E-state index is 5.46. The Balaban J connectivity index is 0. The predicted octanol–water partition coefficient (Wildman–Crippen LogP) is 3.50. The normalized spacial score (nSPS) is 25.3. The van der Waals surface area contributed by atoms with E-state index in [4.69, 9.17) is 9.47 Å². The van der Waals surface area contributed by atoms with Gasteiger partial charge in [0, 0.05) is 13.7 Å². The summed E-state index contributed by atoms with van der Waals surface area (Å²) in [6.07, 6.45) is 2.72. The van der Waals surface area contributed by atoms with Crippen molar-refractivity contribution in [2.45, 2.75) is 53.6 Å². The topological polar surface area (TPSA) is 18.5 Å². The molecule has 0 bridgehead atoms. The first kappa shape index (κ1) is 16.4. The van der Waals surface area contributed by atoms with Gasteiger partial charge in [0.2, 0.25) is 0 Å². The van der Waals surface area contributed by atoms with Crippen LogP contribution in [-0.4, -0.2) is 26.4 Å². The third-order valence-electron chi connectivity index (χ3n) is 1.98. The average molecular weight is 204 g/mol. The lowest BCUT2D eigenvalue weighted by Crippen LogP contribution is -2.27. The molecular weight excluding hydrogens is 176 g/mol. The van der Waals surface area contributed by atoms with Crippen molar-refractivity contribution in [2.24, 2.45) is 5.92 Å². The second kappa shape index (κ2) is 12.9. The molecule has 88 valence electrons. The first-order chi connectivity index (χ1) is 6.83. The van der Waals surface area contributed by atoms with Crippen molar-refractivity contribution in [1.29, 1.82) is 0 Å². The van der Waals surface area contributed by atoms with Crippen LogP contribution < -0.4 is 0 Å². The van der Waals surface area contributed by atoms with Crippen LogP contribution in [0, 0.1) is 5.92 Å². The van der Waals surface area contributed by atoms with Crippen LogP contribution in [0.2, 0.25) is 0 Å². The molecule has 0 amide bonds. The third-order valence-corrected chi connectivity index (χ3v) is 1.98. The van der Waals surface area contributed by atoms with Crippen molar-refractivity contribution < 1.29 is 9.47 Å². The molecule has 0 spiro atoms. The molecule has 0 saturated carbocycles. The summed E-state index contributed by atoms with van der Waals surface area (Å²) in [6, 6.07) is 0. The summed E-state index contributed by atoms with van der Waals surface area (Å²) in [7, 11) is 1.72. The lowest BCUT2D eigenvalue weighted by molar-refractivity contribution is -0.0445. The Morgan fingerprint density at radius 3 is 2.21 bits per heavy atom. The summed E-state index contributed by atoms with van der Waals surface area (Å²) in [6.45, 7) is 11.9. The van der Waals surface area contributed by atoms with Gasteiger partial charge in [-0.05, 0) is 18.8 Å². The van der Waals surface area contributed by atoms with Crippen LogP contribution >= 0.6 is 0 Å². The predicted molar refractivity (Wildman–Crippen MR) is 62.7 cm³/mol. The highest BCUT2D eigenvalue weighted by Gasteiger charge is 2.18. The zero-order valence-corrected chi connectivity index (χ0v) is 10.8. The maximum absolute atomic E-state index is 5.46. The number of hydrogen-bond acceptors (Lipinski definition) is 2. The Hall–Kier alpha value is -0.0800. The lowest BCUT2D eigenvalue weighted by atomic mass is 9.98. The molecule has 0 aromatic rings.